The second-order valence-electron chi connectivity index (χ2n) is 7.67. The lowest BCUT2D eigenvalue weighted by Gasteiger charge is -2.25. The smallest absolute Gasteiger partial charge is 0.295 e. The highest BCUT2D eigenvalue weighted by molar-refractivity contribution is 6.46. The van der Waals surface area contributed by atoms with Gasteiger partial charge < -0.3 is 14.7 Å². The molecule has 0 saturated carbocycles. The molecule has 1 aliphatic rings. The number of Topliss-reactive ketones (excluding diaryl/α,β-unsaturated/α-hetero) is 1. The molecule has 30 heavy (non-hydrogen) atoms. The second kappa shape index (κ2) is 9.45. The number of carbonyl (C=O) groups excluding carboxylic acids is 2. The maximum atomic E-state index is 12.9. The zero-order chi connectivity index (χ0) is 21.8. The lowest BCUT2D eigenvalue weighted by molar-refractivity contribution is -0.140. The third kappa shape index (κ3) is 4.42. The summed E-state index contributed by atoms with van der Waals surface area (Å²) in [7, 11) is 1.59. The van der Waals surface area contributed by atoms with Crippen LogP contribution in [0.3, 0.4) is 0 Å². The summed E-state index contributed by atoms with van der Waals surface area (Å²) in [5, 5.41) is 11.5. The number of methoxy groups -OCH3 is 1. The van der Waals surface area contributed by atoms with Crippen molar-refractivity contribution in [1.82, 2.24) is 4.90 Å². The Morgan fingerprint density at radius 2 is 1.73 bits per heavy atom. The molecule has 1 unspecified atom stereocenters. The molecule has 0 radical (unpaired) electrons. The van der Waals surface area contributed by atoms with Crippen LogP contribution in [0.25, 0.3) is 5.76 Å². The van der Waals surface area contributed by atoms with Crippen LogP contribution in [0, 0.1) is 0 Å². The summed E-state index contributed by atoms with van der Waals surface area (Å²) in [5.74, 6) is -1.13. The summed E-state index contributed by atoms with van der Waals surface area (Å²) >= 11 is 5.95. The monoisotopic (exact) mass is 427 g/mol. The van der Waals surface area contributed by atoms with E-state index in [2.05, 4.69) is 13.8 Å². The van der Waals surface area contributed by atoms with Gasteiger partial charge in [0.1, 0.15) is 5.76 Å². The van der Waals surface area contributed by atoms with E-state index < -0.39 is 17.7 Å². The SMILES string of the molecule is COCCCN1C(=O)C(=O)C(=C(O)c2ccc(Cl)cc2)C1c1ccc(C(C)C)cc1. The lowest BCUT2D eigenvalue weighted by atomic mass is 9.93. The van der Waals surface area contributed by atoms with Crippen molar-refractivity contribution in [3.63, 3.8) is 0 Å². The number of aliphatic hydroxyl groups is 1. The minimum atomic E-state index is -0.683. The predicted molar refractivity (Wildman–Crippen MR) is 117 cm³/mol. The van der Waals surface area contributed by atoms with Crippen molar-refractivity contribution < 1.29 is 19.4 Å². The first-order chi connectivity index (χ1) is 14.3. The molecule has 1 amide bonds. The minimum absolute atomic E-state index is 0.0945. The van der Waals surface area contributed by atoms with Crippen molar-refractivity contribution >= 4 is 29.1 Å². The highest BCUT2D eigenvalue weighted by atomic mass is 35.5. The van der Waals surface area contributed by atoms with Crippen molar-refractivity contribution in [2.24, 2.45) is 0 Å². The van der Waals surface area contributed by atoms with E-state index in [0.717, 1.165) is 11.1 Å². The standard InChI is InChI=1S/C24H26ClNO4/c1-15(2)16-5-7-17(8-6-16)21-20(22(27)18-9-11-19(25)12-10-18)23(28)24(29)26(21)13-4-14-30-3/h5-12,15,21,27H,4,13-14H2,1-3H3. The van der Waals surface area contributed by atoms with Crippen molar-refractivity contribution in [2.45, 2.75) is 32.2 Å². The Morgan fingerprint density at radius 1 is 1.10 bits per heavy atom. The number of ketones is 1. The molecule has 0 spiro atoms. The van der Waals surface area contributed by atoms with Gasteiger partial charge in [-0.15, -0.1) is 0 Å². The number of amides is 1. The van der Waals surface area contributed by atoms with Gasteiger partial charge in [0.05, 0.1) is 11.6 Å². The molecule has 1 fully saturated rings. The third-order valence-electron chi connectivity index (χ3n) is 5.32. The van der Waals surface area contributed by atoms with Crippen LogP contribution in [0.5, 0.6) is 0 Å². The van der Waals surface area contributed by atoms with Gasteiger partial charge in [0.15, 0.2) is 0 Å². The van der Waals surface area contributed by atoms with Crippen LogP contribution in [0.4, 0.5) is 0 Å². The van der Waals surface area contributed by atoms with Crippen LogP contribution in [-0.4, -0.2) is 42.0 Å². The molecule has 6 heteroatoms. The fourth-order valence-electron chi connectivity index (χ4n) is 3.66. The number of hydrogen-bond donors (Lipinski definition) is 1. The average Bonchev–Trinajstić information content (AvgIpc) is 2.99. The van der Waals surface area contributed by atoms with E-state index >= 15 is 0 Å². The van der Waals surface area contributed by atoms with Crippen molar-refractivity contribution in [2.75, 3.05) is 20.3 Å². The zero-order valence-corrected chi connectivity index (χ0v) is 18.1. The number of nitrogens with zero attached hydrogens (tertiary/aromatic N) is 1. The van der Waals surface area contributed by atoms with Gasteiger partial charge in [0.2, 0.25) is 0 Å². The van der Waals surface area contributed by atoms with Gasteiger partial charge in [-0.25, -0.2) is 0 Å². The number of carbonyl (C=O) groups is 2. The molecular weight excluding hydrogens is 402 g/mol. The van der Waals surface area contributed by atoms with Gasteiger partial charge in [0, 0.05) is 30.8 Å². The van der Waals surface area contributed by atoms with E-state index in [9.17, 15) is 14.7 Å². The quantitative estimate of drug-likeness (QED) is 0.294. The summed E-state index contributed by atoms with van der Waals surface area (Å²) in [6.45, 7) is 5.03. The molecule has 2 aromatic carbocycles. The van der Waals surface area contributed by atoms with Crippen molar-refractivity contribution in [3.8, 4) is 0 Å². The maximum Gasteiger partial charge on any atom is 0.295 e. The summed E-state index contributed by atoms with van der Waals surface area (Å²) in [4.78, 5) is 27.3. The molecule has 5 nitrogen and oxygen atoms in total. The van der Waals surface area contributed by atoms with E-state index in [-0.39, 0.29) is 11.3 Å². The first-order valence-corrected chi connectivity index (χ1v) is 10.4. The highest BCUT2D eigenvalue weighted by Crippen LogP contribution is 2.39. The Bertz CT molecular complexity index is 948. The van der Waals surface area contributed by atoms with E-state index in [0.29, 0.717) is 36.1 Å². The average molecular weight is 428 g/mol. The lowest BCUT2D eigenvalue weighted by Crippen LogP contribution is -2.31. The van der Waals surface area contributed by atoms with Gasteiger partial charge in [0.25, 0.3) is 11.7 Å². The van der Waals surface area contributed by atoms with E-state index in [1.165, 1.54) is 4.90 Å². The van der Waals surface area contributed by atoms with E-state index in [1.807, 2.05) is 24.3 Å². The maximum absolute atomic E-state index is 12.9. The fourth-order valence-corrected chi connectivity index (χ4v) is 3.79. The topological polar surface area (TPSA) is 66.8 Å². The molecule has 1 saturated heterocycles. The Morgan fingerprint density at radius 3 is 2.30 bits per heavy atom. The minimum Gasteiger partial charge on any atom is -0.507 e. The van der Waals surface area contributed by atoms with Crippen molar-refractivity contribution in [1.29, 1.82) is 0 Å². The number of rotatable bonds is 7. The number of hydrogen-bond acceptors (Lipinski definition) is 4. The van der Waals surface area contributed by atoms with Gasteiger partial charge >= 0.3 is 0 Å². The molecule has 1 heterocycles. The van der Waals surface area contributed by atoms with Crippen LogP contribution in [-0.2, 0) is 14.3 Å². The molecule has 0 aromatic heterocycles. The van der Waals surface area contributed by atoms with Crippen LogP contribution < -0.4 is 0 Å². The zero-order valence-electron chi connectivity index (χ0n) is 17.4. The Balaban J connectivity index is 2.10. The highest BCUT2D eigenvalue weighted by Gasteiger charge is 2.45. The fraction of sp³-hybridized carbons (Fsp3) is 0.333. The largest absolute Gasteiger partial charge is 0.507 e. The first kappa shape index (κ1) is 22.1. The van der Waals surface area contributed by atoms with Crippen LogP contribution in [0.1, 0.15) is 48.9 Å². The van der Waals surface area contributed by atoms with Gasteiger partial charge in [-0.2, -0.15) is 0 Å². The van der Waals surface area contributed by atoms with Crippen molar-refractivity contribution in [3.05, 3.63) is 75.8 Å². The molecule has 1 aliphatic heterocycles. The van der Waals surface area contributed by atoms with E-state index in [4.69, 9.17) is 16.3 Å². The van der Waals surface area contributed by atoms with Crippen LogP contribution in [0.2, 0.25) is 5.02 Å². The van der Waals surface area contributed by atoms with Gasteiger partial charge in [-0.05, 0) is 47.7 Å². The summed E-state index contributed by atoms with van der Waals surface area (Å²) in [5.41, 5.74) is 2.48. The van der Waals surface area contributed by atoms with E-state index in [1.54, 1.807) is 31.4 Å². The molecule has 158 valence electrons. The summed E-state index contributed by atoms with van der Waals surface area (Å²) < 4.78 is 5.10. The Labute approximate surface area is 181 Å². The van der Waals surface area contributed by atoms with Gasteiger partial charge in [-0.3, -0.25) is 9.59 Å². The summed E-state index contributed by atoms with van der Waals surface area (Å²) in [6.07, 6.45) is 0.588. The number of likely N-dealkylation sites (tertiary alicyclic amines) is 1. The summed E-state index contributed by atoms with van der Waals surface area (Å²) in [6, 6.07) is 13.7. The number of halogens is 1. The molecular formula is C24H26ClNO4. The predicted octanol–water partition coefficient (Wildman–Crippen LogP) is 4.92. The molecule has 1 atom stereocenters. The van der Waals surface area contributed by atoms with Gasteiger partial charge in [-0.1, -0.05) is 49.7 Å². The number of benzene rings is 2. The molecule has 2 aromatic rings. The molecule has 0 bridgehead atoms. The Hall–Kier alpha value is -2.63. The Kier molecular flexibility index (Phi) is 6.95. The normalized spacial score (nSPS) is 18.4. The molecule has 0 aliphatic carbocycles. The third-order valence-corrected chi connectivity index (χ3v) is 5.58. The first-order valence-electron chi connectivity index (χ1n) is 9.98. The van der Waals surface area contributed by atoms with Crippen LogP contribution >= 0.6 is 11.6 Å². The molecule has 3 rings (SSSR count). The number of aliphatic hydroxyl groups excluding tert-OH is 1. The molecule has 1 N–H and O–H groups in total. The number of ether oxygens (including phenoxy) is 1. The second-order valence-corrected chi connectivity index (χ2v) is 8.10. The van der Waals surface area contributed by atoms with Crippen LogP contribution in [0.15, 0.2) is 54.1 Å².